The second-order valence-corrected chi connectivity index (χ2v) is 4.29. The predicted molar refractivity (Wildman–Crippen MR) is 72.7 cm³/mol. The molecule has 0 unspecified atom stereocenters. The fourth-order valence-corrected chi connectivity index (χ4v) is 1.55. The number of rotatable bonds is 8. The molecule has 0 aliphatic carbocycles. The number of hydrogen-bond donors (Lipinski definition) is 3. The minimum Gasteiger partial charge on any atom is -0.396 e. The van der Waals surface area contributed by atoms with Gasteiger partial charge in [0.1, 0.15) is 5.82 Å². The molecule has 3 N–H and O–H groups in total. The van der Waals surface area contributed by atoms with Crippen LogP contribution in [-0.2, 0) is 4.79 Å². The smallest absolute Gasteiger partial charge is 0.251 e. The molecular formula is C14H19FN2O3. The minimum atomic E-state index is -0.388. The molecule has 0 saturated heterocycles. The number of carbonyl (C=O) groups excluding carboxylic acids is 2. The zero-order valence-corrected chi connectivity index (χ0v) is 11.2. The Kier molecular flexibility index (Phi) is 7.27. The van der Waals surface area contributed by atoms with Crippen molar-refractivity contribution in [1.29, 1.82) is 0 Å². The van der Waals surface area contributed by atoms with Crippen LogP contribution in [0, 0.1) is 5.82 Å². The molecule has 2 amide bonds. The number of carbonyl (C=O) groups is 2. The Morgan fingerprint density at radius 3 is 2.35 bits per heavy atom. The van der Waals surface area contributed by atoms with Crippen molar-refractivity contribution in [1.82, 2.24) is 10.6 Å². The topological polar surface area (TPSA) is 78.4 Å². The Morgan fingerprint density at radius 1 is 1.05 bits per heavy atom. The van der Waals surface area contributed by atoms with Crippen LogP contribution in [0.25, 0.3) is 0 Å². The van der Waals surface area contributed by atoms with E-state index in [1.807, 2.05) is 0 Å². The number of benzene rings is 1. The second-order valence-electron chi connectivity index (χ2n) is 4.29. The lowest BCUT2D eigenvalue weighted by atomic mass is 10.2. The molecule has 110 valence electrons. The SMILES string of the molecule is O=C(CCCNC(=O)c1ccc(F)cc1)NCCCO. The van der Waals surface area contributed by atoms with Gasteiger partial charge in [-0.2, -0.15) is 0 Å². The van der Waals surface area contributed by atoms with Gasteiger partial charge in [0, 0.05) is 31.7 Å². The van der Waals surface area contributed by atoms with Gasteiger partial charge >= 0.3 is 0 Å². The van der Waals surface area contributed by atoms with Crippen LogP contribution < -0.4 is 10.6 Å². The van der Waals surface area contributed by atoms with E-state index in [-0.39, 0.29) is 24.2 Å². The summed E-state index contributed by atoms with van der Waals surface area (Å²) in [5.41, 5.74) is 0.388. The number of hydrogen-bond acceptors (Lipinski definition) is 3. The summed E-state index contributed by atoms with van der Waals surface area (Å²) in [5, 5.41) is 13.9. The molecule has 1 aromatic rings. The van der Waals surface area contributed by atoms with Gasteiger partial charge in [-0.15, -0.1) is 0 Å². The maximum atomic E-state index is 12.7. The molecule has 0 aliphatic rings. The normalized spacial score (nSPS) is 10.1. The largest absolute Gasteiger partial charge is 0.396 e. The molecule has 0 bridgehead atoms. The Labute approximate surface area is 117 Å². The minimum absolute atomic E-state index is 0.0496. The molecule has 0 spiro atoms. The van der Waals surface area contributed by atoms with Crippen LogP contribution in [0.5, 0.6) is 0 Å². The fraction of sp³-hybridized carbons (Fsp3) is 0.429. The van der Waals surface area contributed by atoms with E-state index >= 15 is 0 Å². The van der Waals surface area contributed by atoms with Gasteiger partial charge in [0.2, 0.25) is 5.91 Å². The van der Waals surface area contributed by atoms with E-state index in [2.05, 4.69) is 10.6 Å². The van der Waals surface area contributed by atoms with Gasteiger partial charge in [0.05, 0.1) is 0 Å². The average molecular weight is 282 g/mol. The Morgan fingerprint density at radius 2 is 1.70 bits per heavy atom. The standard InChI is InChI=1S/C14H19FN2O3/c15-12-6-4-11(5-7-12)14(20)17-8-1-3-13(19)16-9-2-10-18/h4-7,18H,1-3,8-10H2,(H,16,19)(H,17,20). The van der Waals surface area contributed by atoms with E-state index < -0.39 is 0 Å². The van der Waals surface area contributed by atoms with Crippen molar-refractivity contribution < 1.29 is 19.1 Å². The number of nitrogens with one attached hydrogen (secondary N) is 2. The number of amides is 2. The summed E-state index contributed by atoms with van der Waals surface area (Å²) in [5.74, 6) is -0.777. The quantitative estimate of drug-likeness (QED) is 0.618. The van der Waals surface area contributed by atoms with Crippen LogP contribution in [0.4, 0.5) is 4.39 Å². The summed E-state index contributed by atoms with van der Waals surface area (Å²) < 4.78 is 12.7. The fourth-order valence-electron chi connectivity index (χ4n) is 1.55. The van der Waals surface area contributed by atoms with Crippen molar-refractivity contribution >= 4 is 11.8 Å². The zero-order valence-electron chi connectivity index (χ0n) is 11.2. The molecule has 5 nitrogen and oxygen atoms in total. The summed E-state index contributed by atoms with van der Waals surface area (Å²) in [6.45, 7) is 0.884. The monoisotopic (exact) mass is 282 g/mol. The van der Waals surface area contributed by atoms with Gasteiger partial charge in [0.25, 0.3) is 5.91 Å². The van der Waals surface area contributed by atoms with Crippen LogP contribution in [-0.4, -0.2) is 36.6 Å². The highest BCUT2D eigenvalue weighted by Gasteiger charge is 2.05. The Hall–Kier alpha value is -1.95. The van der Waals surface area contributed by atoms with E-state index in [0.717, 1.165) is 0 Å². The number of aliphatic hydroxyl groups is 1. The summed E-state index contributed by atoms with van der Waals surface area (Å²) in [4.78, 5) is 23.0. The van der Waals surface area contributed by atoms with Crippen molar-refractivity contribution in [3.8, 4) is 0 Å². The molecule has 1 aromatic carbocycles. The second kappa shape index (κ2) is 9.03. The van der Waals surface area contributed by atoms with Gasteiger partial charge in [-0.1, -0.05) is 0 Å². The zero-order chi connectivity index (χ0) is 14.8. The first-order valence-corrected chi connectivity index (χ1v) is 6.55. The third kappa shape index (κ3) is 6.29. The summed E-state index contributed by atoms with van der Waals surface area (Å²) >= 11 is 0. The van der Waals surface area contributed by atoms with Gasteiger partial charge in [0.15, 0.2) is 0 Å². The molecule has 0 aromatic heterocycles. The maximum Gasteiger partial charge on any atom is 0.251 e. The number of halogens is 1. The molecule has 1 rings (SSSR count). The summed E-state index contributed by atoms with van der Waals surface area (Å²) in [6.07, 6.45) is 1.38. The van der Waals surface area contributed by atoms with Gasteiger partial charge in [-0.25, -0.2) is 4.39 Å². The van der Waals surface area contributed by atoms with Gasteiger partial charge < -0.3 is 15.7 Å². The van der Waals surface area contributed by atoms with Gasteiger partial charge in [-0.05, 0) is 37.1 Å². The highest BCUT2D eigenvalue weighted by atomic mass is 19.1. The molecule has 0 radical (unpaired) electrons. The lowest BCUT2D eigenvalue weighted by molar-refractivity contribution is -0.121. The van der Waals surface area contributed by atoms with Crippen LogP contribution in [0.3, 0.4) is 0 Å². The van der Waals surface area contributed by atoms with E-state index in [0.29, 0.717) is 37.9 Å². The molecular weight excluding hydrogens is 263 g/mol. The predicted octanol–water partition coefficient (Wildman–Crippen LogP) is 0.834. The lowest BCUT2D eigenvalue weighted by Crippen LogP contribution is -2.28. The molecule has 0 fully saturated rings. The lowest BCUT2D eigenvalue weighted by Gasteiger charge is -2.06. The highest BCUT2D eigenvalue weighted by Crippen LogP contribution is 2.02. The molecule has 6 heteroatoms. The van der Waals surface area contributed by atoms with E-state index in [1.165, 1.54) is 24.3 Å². The van der Waals surface area contributed by atoms with Crippen LogP contribution in [0.15, 0.2) is 24.3 Å². The molecule has 0 aliphatic heterocycles. The van der Waals surface area contributed by atoms with E-state index in [9.17, 15) is 14.0 Å². The first kappa shape index (κ1) is 16.1. The van der Waals surface area contributed by atoms with Crippen molar-refractivity contribution in [2.45, 2.75) is 19.3 Å². The van der Waals surface area contributed by atoms with Crippen molar-refractivity contribution in [2.75, 3.05) is 19.7 Å². The van der Waals surface area contributed by atoms with Gasteiger partial charge in [-0.3, -0.25) is 9.59 Å². The first-order valence-electron chi connectivity index (χ1n) is 6.55. The first-order chi connectivity index (χ1) is 9.63. The molecule has 0 atom stereocenters. The van der Waals surface area contributed by atoms with Crippen molar-refractivity contribution in [3.05, 3.63) is 35.6 Å². The van der Waals surface area contributed by atoms with E-state index in [1.54, 1.807) is 0 Å². The molecule has 0 saturated carbocycles. The summed E-state index contributed by atoms with van der Waals surface area (Å²) in [7, 11) is 0. The van der Waals surface area contributed by atoms with Crippen LogP contribution >= 0.6 is 0 Å². The van der Waals surface area contributed by atoms with Crippen molar-refractivity contribution in [3.63, 3.8) is 0 Å². The maximum absolute atomic E-state index is 12.7. The summed E-state index contributed by atoms with van der Waals surface area (Å²) in [6, 6.07) is 5.27. The Balaban J connectivity index is 2.16. The van der Waals surface area contributed by atoms with Crippen LogP contribution in [0.1, 0.15) is 29.6 Å². The van der Waals surface area contributed by atoms with Crippen molar-refractivity contribution in [2.24, 2.45) is 0 Å². The molecule has 20 heavy (non-hydrogen) atoms. The van der Waals surface area contributed by atoms with Crippen LogP contribution in [0.2, 0.25) is 0 Å². The molecule has 0 heterocycles. The highest BCUT2D eigenvalue weighted by molar-refractivity contribution is 5.94. The Bertz CT molecular complexity index is 435. The third-order valence-electron chi connectivity index (χ3n) is 2.63. The number of aliphatic hydroxyl groups excluding tert-OH is 1. The van der Waals surface area contributed by atoms with E-state index in [4.69, 9.17) is 5.11 Å². The third-order valence-corrected chi connectivity index (χ3v) is 2.63. The average Bonchev–Trinajstić information content (AvgIpc) is 2.44.